The number of nitrogens with two attached hydrogens (primary N) is 1. The van der Waals surface area contributed by atoms with Crippen molar-refractivity contribution in [2.75, 3.05) is 6.61 Å². The number of rotatable bonds is 3. The maximum Gasteiger partial charge on any atom is 0.403 e. The average molecular weight is 157 g/mol. The van der Waals surface area contributed by atoms with E-state index in [1.807, 2.05) is 0 Å². The van der Waals surface area contributed by atoms with Crippen LogP contribution in [0, 0.1) is 0 Å². The smallest absolute Gasteiger partial charge is 0.396 e. The first-order valence-corrected chi connectivity index (χ1v) is 2.91. The van der Waals surface area contributed by atoms with Crippen LogP contribution in [0.25, 0.3) is 0 Å². The van der Waals surface area contributed by atoms with Gasteiger partial charge in [-0.2, -0.15) is 13.2 Å². The van der Waals surface area contributed by atoms with Crippen LogP contribution in [-0.4, -0.2) is 23.9 Å². The molecule has 0 aromatic rings. The highest BCUT2D eigenvalue weighted by atomic mass is 19.4. The molecule has 0 aliphatic carbocycles. The largest absolute Gasteiger partial charge is 0.403 e. The third kappa shape index (κ3) is 3.68. The summed E-state index contributed by atoms with van der Waals surface area (Å²) >= 11 is 0. The molecule has 62 valence electrons. The van der Waals surface area contributed by atoms with Crippen LogP contribution in [0.4, 0.5) is 13.2 Å². The fourth-order valence-electron chi connectivity index (χ4n) is 0.475. The Morgan fingerprint density at radius 3 is 2.20 bits per heavy atom. The normalized spacial score (nSPS) is 15.3. The summed E-state index contributed by atoms with van der Waals surface area (Å²) in [6, 6.07) is -1.79. The summed E-state index contributed by atoms with van der Waals surface area (Å²) in [5, 5.41) is 8.16. The molecule has 0 aliphatic rings. The molecule has 2 nitrogen and oxygen atoms in total. The van der Waals surface area contributed by atoms with Gasteiger partial charge in [0.25, 0.3) is 0 Å². The third-order valence-electron chi connectivity index (χ3n) is 1.09. The van der Waals surface area contributed by atoms with Gasteiger partial charge in [0.2, 0.25) is 0 Å². The molecule has 5 heteroatoms. The summed E-state index contributed by atoms with van der Waals surface area (Å²) in [7, 11) is 0. The second-order valence-corrected chi connectivity index (χ2v) is 2.01. The van der Waals surface area contributed by atoms with E-state index in [0.717, 1.165) is 0 Å². The number of hydrogen-bond acceptors (Lipinski definition) is 2. The predicted molar refractivity (Wildman–Crippen MR) is 30.4 cm³/mol. The lowest BCUT2D eigenvalue weighted by molar-refractivity contribution is -0.149. The van der Waals surface area contributed by atoms with Crippen molar-refractivity contribution in [2.45, 2.75) is 25.1 Å². The first kappa shape index (κ1) is 9.71. The Balaban J connectivity index is 3.52. The lowest BCUT2D eigenvalue weighted by atomic mass is 10.2. The highest BCUT2D eigenvalue weighted by Crippen LogP contribution is 2.20. The molecule has 1 atom stereocenters. The van der Waals surface area contributed by atoms with Gasteiger partial charge in [-0.15, -0.1) is 0 Å². The van der Waals surface area contributed by atoms with Crippen molar-refractivity contribution in [3.63, 3.8) is 0 Å². The fourth-order valence-corrected chi connectivity index (χ4v) is 0.475. The molecule has 0 rings (SSSR count). The quantitative estimate of drug-likeness (QED) is 0.631. The first-order chi connectivity index (χ1) is 4.48. The molecule has 1 unspecified atom stereocenters. The van der Waals surface area contributed by atoms with Gasteiger partial charge in [0.05, 0.1) is 0 Å². The number of halogens is 3. The summed E-state index contributed by atoms with van der Waals surface area (Å²) in [6.07, 6.45) is -4.43. The summed E-state index contributed by atoms with van der Waals surface area (Å²) in [5.41, 5.74) is 4.70. The van der Waals surface area contributed by atoms with Gasteiger partial charge >= 0.3 is 6.18 Å². The molecule has 0 fully saturated rings. The Morgan fingerprint density at radius 2 is 1.90 bits per heavy atom. The molecule has 10 heavy (non-hydrogen) atoms. The van der Waals surface area contributed by atoms with Gasteiger partial charge < -0.3 is 10.8 Å². The number of hydrogen-bond donors (Lipinski definition) is 2. The van der Waals surface area contributed by atoms with E-state index in [4.69, 9.17) is 10.8 Å². The van der Waals surface area contributed by atoms with Crippen molar-refractivity contribution in [3.05, 3.63) is 0 Å². The van der Waals surface area contributed by atoms with Crippen molar-refractivity contribution in [1.82, 2.24) is 0 Å². The van der Waals surface area contributed by atoms with Crippen LogP contribution in [0.5, 0.6) is 0 Å². The fraction of sp³-hybridized carbons (Fsp3) is 1.00. The first-order valence-electron chi connectivity index (χ1n) is 2.91. The molecule has 0 aliphatic heterocycles. The molecule has 0 aromatic carbocycles. The maximum atomic E-state index is 11.6. The zero-order valence-electron chi connectivity index (χ0n) is 5.36. The van der Waals surface area contributed by atoms with Gasteiger partial charge in [-0.25, -0.2) is 0 Å². The molecular weight excluding hydrogens is 147 g/mol. The van der Waals surface area contributed by atoms with E-state index in [2.05, 4.69) is 0 Å². The average Bonchev–Trinajstić information content (AvgIpc) is 1.80. The highest BCUT2D eigenvalue weighted by molar-refractivity contribution is 4.69. The van der Waals surface area contributed by atoms with Crippen LogP contribution in [0.15, 0.2) is 0 Å². The SMILES string of the molecule is NC(CCCO)C(F)(F)F. The number of aliphatic hydroxyl groups is 1. The van der Waals surface area contributed by atoms with E-state index in [1.54, 1.807) is 0 Å². The van der Waals surface area contributed by atoms with Crippen LogP contribution >= 0.6 is 0 Å². The van der Waals surface area contributed by atoms with E-state index in [1.165, 1.54) is 0 Å². The van der Waals surface area contributed by atoms with Gasteiger partial charge in [0, 0.05) is 6.61 Å². The van der Waals surface area contributed by atoms with Crippen LogP contribution in [-0.2, 0) is 0 Å². The topological polar surface area (TPSA) is 46.2 Å². The molecule has 0 heterocycles. The lowest BCUT2D eigenvalue weighted by Crippen LogP contribution is -2.37. The highest BCUT2D eigenvalue weighted by Gasteiger charge is 2.35. The molecular formula is C5H10F3NO. The van der Waals surface area contributed by atoms with Crippen LogP contribution in [0.3, 0.4) is 0 Å². The van der Waals surface area contributed by atoms with E-state index in [9.17, 15) is 13.2 Å². The summed E-state index contributed by atoms with van der Waals surface area (Å²) in [5.74, 6) is 0. The lowest BCUT2D eigenvalue weighted by Gasteiger charge is -2.13. The Labute approximate surface area is 56.8 Å². The minimum atomic E-state index is -4.32. The molecule has 0 aromatic heterocycles. The van der Waals surface area contributed by atoms with Gasteiger partial charge in [-0.05, 0) is 12.8 Å². The maximum absolute atomic E-state index is 11.6. The zero-order valence-corrected chi connectivity index (χ0v) is 5.36. The summed E-state index contributed by atoms with van der Waals surface area (Å²) < 4.78 is 34.7. The van der Waals surface area contributed by atoms with Crippen molar-refractivity contribution in [2.24, 2.45) is 5.73 Å². The molecule has 0 spiro atoms. The Morgan fingerprint density at radius 1 is 1.40 bits per heavy atom. The molecule has 0 radical (unpaired) electrons. The van der Waals surface area contributed by atoms with Crippen molar-refractivity contribution in [1.29, 1.82) is 0 Å². The summed E-state index contributed by atoms with van der Waals surface area (Å²) in [4.78, 5) is 0. The van der Waals surface area contributed by atoms with Crippen LogP contribution in [0.1, 0.15) is 12.8 Å². The second-order valence-electron chi connectivity index (χ2n) is 2.01. The Hall–Kier alpha value is -0.290. The van der Waals surface area contributed by atoms with Crippen molar-refractivity contribution in [3.8, 4) is 0 Å². The van der Waals surface area contributed by atoms with Crippen molar-refractivity contribution < 1.29 is 18.3 Å². The van der Waals surface area contributed by atoms with Gasteiger partial charge in [0.1, 0.15) is 6.04 Å². The molecule has 0 amide bonds. The van der Waals surface area contributed by atoms with Gasteiger partial charge in [-0.1, -0.05) is 0 Å². The van der Waals surface area contributed by atoms with E-state index >= 15 is 0 Å². The predicted octanol–water partition coefficient (Wildman–Crippen LogP) is 0.649. The zero-order chi connectivity index (χ0) is 8.20. The van der Waals surface area contributed by atoms with Crippen LogP contribution < -0.4 is 5.73 Å². The van der Waals surface area contributed by atoms with E-state index in [0.29, 0.717) is 0 Å². The van der Waals surface area contributed by atoms with E-state index < -0.39 is 12.2 Å². The minimum absolute atomic E-state index is 0.0979. The molecule has 3 N–H and O–H groups in total. The number of alkyl halides is 3. The number of aliphatic hydroxyl groups excluding tert-OH is 1. The molecule has 0 bridgehead atoms. The van der Waals surface area contributed by atoms with Crippen molar-refractivity contribution >= 4 is 0 Å². The molecule has 0 saturated carbocycles. The summed E-state index contributed by atoms with van der Waals surface area (Å²) in [6.45, 7) is -0.246. The third-order valence-corrected chi connectivity index (χ3v) is 1.09. The molecule has 0 saturated heterocycles. The minimum Gasteiger partial charge on any atom is -0.396 e. The van der Waals surface area contributed by atoms with E-state index in [-0.39, 0.29) is 19.4 Å². The Bertz CT molecular complexity index is 93.4. The van der Waals surface area contributed by atoms with Crippen LogP contribution in [0.2, 0.25) is 0 Å². The second kappa shape index (κ2) is 3.78. The van der Waals surface area contributed by atoms with Gasteiger partial charge in [0.15, 0.2) is 0 Å². The standard InChI is InChI=1S/C5H10F3NO/c6-5(7,8)4(9)2-1-3-10/h4,10H,1-3,9H2. The van der Waals surface area contributed by atoms with Gasteiger partial charge in [-0.3, -0.25) is 0 Å². The monoisotopic (exact) mass is 157 g/mol. The Kier molecular flexibility index (Phi) is 3.67.